The highest BCUT2D eigenvalue weighted by molar-refractivity contribution is 6.32. The van der Waals surface area contributed by atoms with Gasteiger partial charge in [-0.3, -0.25) is 43.5 Å². The first-order chi connectivity index (χ1) is 41.0. The van der Waals surface area contributed by atoms with Gasteiger partial charge in [-0.25, -0.2) is 24.5 Å². The zero-order valence-corrected chi connectivity index (χ0v) is 51.6. The number of H-pyrrole nitrogens is 1. The van der Waals surface area contributed by atoms with Gasteiger partial charge < -0.3 is 45.1 Å². The molecule has 4 N–H and O–H groups in total. The fourth-order valence-electron chi connectivity index (χ4n) is 11.4. The van der Waals surface area contributed by atoms with Crippen LogP contribution in [0, 0.1) is 5.92 Å². The molecular weight excluding hydrogens is 1150 g/mol. The summed E-state index contributed by atoms with van der Waals surface area (Å²) < 4.78 is 12.8. The fraction of sp³-hybridized carbons (Fsp3) is 0.576. The highest BCUT2D eigenvalue weighted by atomic mass is 35.5. The number of aromatic amines is 1. The van der Waals surface area contributed by atoms with E-state index < -0.39 is 40.9 Å². The molecule has 0 spiro atoms. The van der Waals surface area contributed by atoms with Crippen molar-refractivity contribution in [2.75, 3.05) is 121 Å². The number of likely N-dealkylation sites (tertiary alicyclic amines) is 1. The molecule has 4 fully saturated rings. The molecule has 4 aromatic heterocycles. The fourth-order valence-corrected chi connectivity index (χ4v) is 11.7. The first-order valence-electron chi connectivity index (χ1n) is 29.7. The van der Waals surface area contributed by atoms with E-state index in [0.717, 1.165) is 68.0 Å². The number of anilines is 2. The number of nitrogens with one attached hydrogen (secondary N) is 4. The smallest absolute Gasteiger partial charge is 0.410 e. The third kappa shape index (κ3) is 17.3. The topological polar surface area (TPSA) is 265 Å². The van der Waals surface area contributed by atoms with Crippen LogP contribution in [0.4, 0.5) is 21.1 Å². The van der Waals surface area contributed by atoms with Crippen LogP contribution in [-0.2, 0) is 30.4 Å². The Morgan fingerprint density at radius 3 is 2.13 bits per heavy atom. The predicted molar refractivity (Wildman–Crippen MR) is 325 cm³/mol. The van der Waals surface area contributed by atoms with Crippen LogP contribution >= 0.6 is 23.2 Å². The molecule has 1 atom stereocenters. The van der Waals surface area contributed by atoms with Crippen molar-refractivity contribution in [2.24, 2.45) is 5.92 Å². The minimum absolute atomic E-state index is 0.0455. The molecule has 9 rings (SSSR count). The number of piperidine rings is 2. The number of benzene rings is 1. The lowest BCUT2D eigenvalue weighted by atomic mass is 9.85. The predicted octanol–water partition coefficient (Wildman–Crippen LogP) is 5.55. The van der Waals surface area contributed by atoms with Crippen LogP contribution in [-0.4, -0.2) is 228 Å². The first-order valence-corrected chi connectivity index (χ1v) is 30.4. The number of fused-ring (bicyclic) bond motifs is 1. The summed E-state index contributed by atoms with van der Waals surface area (Å²) in [5, 5.41) is 18.2. The van der Waals surface area contributed by atoms with Crippen LogP contribution in [0.1, 0.15) is 95.7 Å². The molecule has 4 aliphatic heterocycles. The molecule has 0 aliphatic carbocycles. The summed E-state index contributed by atoms with van der Waals surface area (Å²) in [6.45, 7) is 20.4. The maximum absolute atomic E-state index is 14.8. The van der Waals surface area contributed by atoms with Crippen LogP contribution in [0.3, 0.4) is 0 Å². The maximum atomic E-state index is 14.8. The Morgan fingerprint density at radius 2 is 1.47 bits per heavy atom. The van der Waals surface area contributed by atoms with E-state index in [1.807, 2.05) is 41.4 Å². The number of piperazine rings is 2. The third-order valence-corrected chi connectivity index (χ3v) is 16.6. The van der Waals surface area contributed by atoms with Gasteiger partial charge in [0, 0.05) is 102 Å². The van der Waals surface area contributed by atoms with Crippen LogP contribution in [0.5, 0.6) is 0 Å². The molecule has 25 nitrogen and oxygen atoms in total. The number of carbonyl (C=O) groups is 6. The standard InChI is InChI=1S/C59H81Cl2N17O8/c1-57(2,3)85-55(83)69-59(17-24-75(25-18-59)52-44-13-19-62-51(44)63-40-64-52)54(82)68-45(42-7-9-43(60)10-8-42)16-23-71-27-31-74(32-28-71)49(80)39-72-21-14-41(15-22-72)37-73-29-33-76(34-30-73)53(81)47-12-11-46(50(61)67-47)66-48(79)38-77(56(84)86-58(4,5)6)35-36-78-26-20-65-70-78/h7-13,19-20,26,40-41,45H,14-18,21-25,27-39H2,1-6H3,(H,66,79)(H,68,82)(H,69,83)(H,62,63,64). The van der Waals surface area contributed by atoms with Gasteiger partial charge in [-0.05, 0) is 129 Å². The number of ether oxygens (including phenoxy) is 2. The number of alkyl carbamates (subject to hydrolysis) is 1. The van der Waals surface area contributed by atoms with Crippen LogP contribution < -0.4 is 20.9 Å². The average molecular weight is 1230 g/mol. The van der Waals surface area contributed by atoms with Crippen molar-refractivity contribution in [1.29, 1.82) is 0 Å². The van der Waals surface area contributed by atoms with Gasteiger partial charge in [0.25, 0.3) is 5.91 Å². The molecule has 1 unspecified atom stereocenters. The van der Waals surface area contributed by atoms with E-state index in [0.29, 0.717) is 102 Å². The average Bonchev–Trinajstić information content (AvgIpc) is 1.73. The summed E-state index contributed by atoms with van der Waals surface area (Å²) in [5.41, 5.74) is -0.797. The molecule has 8 heterocycles. The van der Waals surface area contributed by atoms with Gasteiger partial charge in [0.15, 0.2) is 5.15 Å². The number of pyridine rings is 1. The molecule has 6 amide bonds. The molecule has 0 bridgehead atoms. The number of nitrogens with zero attached hydrogens (tertiary/aromatic N) is 13. The third-order valence-electron chi connectivity index (χ3n) is 16.1. The summed E-state index contributed by atoms with van der Waals surface area (Å²) in [6, 6.07) is 12.1. The molecule has 0 saturated carbocycles. The van der Waals surface area contributed by atoms with Gasteiger partial charge in [0.1, 0.15) is 46.8 Å². The molecular formula is C59H81Cl2N17O8. The molecule has 0 radical (unpaired) electrons. The van der Waals surface area contributed by atoms with Crippen molar-refractivity contribution in [2.45, 2.75) is 103 Å². The summed E-state index contributed by atoms with van der Waals surface area (Å²) in [4.78, 5) is 112. The van der Waals surface area contributed by atoms with Gasteiger partial charge in [-0.15, -0.1) is 5.10 Å². The van der Waals surface area contributed by atoms with E-state index in [2.05, 4.69) is 65.8 Å². The number of aromatic nitrogens is 7. The second kappa shape index (κ2) is 28.1. The van der Waals surface area contributed by atoms with E-state index in [1.165, 1.54) is 29.6 Å². The minimum atomic E-state index is -1.26. The molecule has 464 valence electrons. The number of hydrogen-bond donors (Lipinski definition) is 4. The van der Waals surface area contributed by atoms with Crippen molar-refractivity contribution in [3.05, 3.63) is 88.8 Å². The maximum Gasteiger partial charge on any atom is 0.410 e. The van der Waals surface area contributed by atoms with E-state index in [4.69, 9.17) is 32.7 Å². The second-order valence-electron chi connectivity index (χ2n) is 24.7. The molecule has 86 heavy (non-hydrogen) atoms. The second-order valence-corrected chi connectivity index (χ2v) is 25.5. The Kier molecular flexibility index (Phi) is 20.7. The SMILES string of the molecule is CC(C)(C)OC(=O)NC1(C(=O)NC(CCN2CCN(C(=O)CN3CCC(CN4CCN(C(=O)c5ccc(NC(=O)CN(CCn6ccnn6)C(=O)OC(C)(C)C)c(Cl)n5)CC4)CC3)CC2)c2ccc(Cl)cc2)CCN(c2ncnc3[nH]ccc23)CC1. The Labute approximate surface area is 511 Å². The lowest BCUT2D eigenvalue weighted by Crippen LogP contribution is -2.64. The highest BCUT2D eigenvalue weighted by Crippen LogP contribution is 2.32. The van der Waals surface area contributed by atoms with Crippen molar-refractivity contribution in [1.82, 2.24) is 75.0 Å². The van der Waals surface area contributed by atoms with Crippen LogP contribution in [0.2, 0.25) is 10.2 Å². The van der Waals surface area contributed by atoms with E-state index in [9.17, 15) is 28.8 Å². The lowest BCUT2D eigenvalue weighted by molar-refractivity contribution is -0.134. The normalized spacial score (nSPS) is 17.9. The van der Waals surface area contributed by atoms with Gasteiger partial charge in [-0.1, -0.05) is 40.5 Å². The number of amides is 6. The van der Waals surface area contributed by atoms with E-state index >= 15 is 0 Å². The molecule has 4 aliphatic rings. The van der Waals surface area contributed by atoms with Gasteiger partial charge in [0.2, 0.25) is 17.7 Å². The van der Waals surface area contributed by atoms with Gasteiger partial charge >= 0.3 is 12.2 Å². The summed E-state index contributed by atoms with van der Waals surface area (Å²) in [5.74, 6) is 0.323. The zero-order valence-electron chi connectivity index (χ0n) is 50.1. The largest absolute Gasteiger partial charge is 0.444 e. The Bertz CT molecular complexity index is 3120. The molecule has 27 heteroatoms. The van der Waals surface area contributed by atoms with Crippen molar-refractivity contribution in [3.63, 3.8) is 0 Å². The number of hydrogen-bond acceptors (Lipinski definition) is 17. The van der Waals surface area contributed by atoms with Gasteiger partial charge in [-0.2, -0.15) is 0 Å². The number of halogens is 2. The summed E-state index contributed by atoms with van der Waals surface area (Å²) >= 11 is 12.9. The minimum Gasteiger partial charge on any atom is -0.444 e. The quantitative estimate of drug-likeness (QED) is 0.0738. The molecule has 4 saturated heterocycles. The van der Waals surface area contributed by atoms with Gasteiger partial charge in [0.05, 0.1) is 36.4 Å². The Morgan fingerprint density at radius 1 is 0.779 bits per heavy atom. The molecule has 1 aromatic carbocycles. The zero-order chi connectivity index (χ0) is 61.2. The van der Waals surface area contributed by atoms with Crippen LogP contribution in [0.15, 0.2) is 67.4 Å². The molecule has 5 aromatic rings. The Balaban J connectivity index is 0.694. The van der Waals surface area contributed by atoms with E-state index in [-0.39, 0.29) is 47.3 Å². The monoisotopic (exact) mass is 1230 g/mol. The summed E-state index contributed by atoms with van der Waals surface area (Å²) in [6.07, 6.45) is 8.39. The number of carbonyl (C=O) groups excluding carboxylic acids is 6. The Hall–Kier alpha value is -7.19. The summed E-state index contributed by atoms with van der Waals surface area (Å²) in [7, 11) is 0. The van der Waals surface area contributed by atoms with Crippen molar-refractivity contribution < 1.29 is 38.2 Å². The number of rotatable bonds is 19. The van der Waals surface area contributed by atoms with Crippen molar-refractivity contribution >= 4 is 81.6 Å². The first kappa shape index (κ1) is 63.3. The van der Waals surface area contributed by atoms with E-state index in [1.54, 1.807) is 57.3 Å². The lowest BCUT2D eigenvalue weighted by Gasteiger charge is -2.42. The van der Waals surface area contributed by atoms with Crippen LogP contribution in [0.25, 0.3) is 11.0 Å². The highest BCUT2D eigenvalue weighted by Gasteiger charge is 2.45. The van der Waals surface area contributed by atoms with Crippen molar-refractivity contribution in [3.8, 4) is 0 Å².